The number of carbonyl (C=O) groups is 1. The Morgan fingerprint density at radius 1 is 1.91 bits per heavy atom. The molecule has 1 atom stereocenters. The van der Waals surface area contributed by atoms with Gasteiger partial charge in [0, 0.05) is 6.54 Å². The maximum atomic E-state index is 11.0. The van der Waals surface area contributed by atoms with Crippen molar-refractivity contribution in [1.82, 2.24) is 4.90 Å². The molecule has 1 amide bonds. The van der Waals surface area contributed by atoms with Crippen LogP contribution in [-0.4, -0.2) is 29.3 Å². The van der Waals surface area contributed by atoms with E-state index in [9.17, 15) is 4.79 Å². The van der Waals surface area contributed by atoms with Crippen LogP contribution in [0.2, 0.25) is 0 Å². The van der Waals surface area contributed by atoms with Crippen LogP contribution in [0, 0.1) is 11.3 Å². The average molecular weight is 171 g/mol. The molecule has 0 bridgehead atoms. The zero-order chi connectivity index (χ0) is 8.27. The first-order valence-corrected chi connectivity index (χ1v) is 3.74. The van der Waals surface area contributed by atoms with Gasteiger partial charge in [-0.3, -0.25) is 4.79 Å². The first kappa shape index (κ1) is 8.09. The van der Waals surface area contributed by atoms with Crippen molar-refractivity contribution in [2.24, 2.45) is 0 Å². The van der Waals surface area contributed by atoms with E-state index in [0.29, 0.717) is 6.54 Å². The van der Waals surface area contributed by atoms with E-state index in [-0.39, 0.29) is 11.8 Å². The largest absolute Gasteiger partial charge is 0.318 e. The van der Waals surface area contributed by atoms with E-state index >= 15 is 0 Å². The summed E-state index contributed by atoms with van der Waals surface area (Å²) in [4.78, 5) is 12.4. The Morgan fingerprint density at radius 3 is 3.18 bits per heavy atom. The summed E-state index contributed by atoms with van der Waals surface area (Å²) in [7, 11) is 0. The molecule has 0 unspecified atom stereocenters. The third-order valence-corrected chi connectivity index (χ3v) is 1.75. The number of halogens is 1. The van der Waals surface area contributed by atoms with E-state index in [0.717, 1.165) is 0 Å². The summed E-state index contributed by atoms with van der Waals surface area (Å²) >= 11 is 5.33. The number of rotatable bonds is 1. The molecule has 58 valence electrons. The van der Waals surface area contributed by atoms with Gasteiger partial charge in [0.05, 0.1) is 6.07 Å². The molecule has 0 aliphatic carbocycles. The second-order valence-electron chi connectivity index (χ2n) is 2.18. The second kappa shape index (κ2) is 3.40. The highest BCUT2D eigenvalue weighted by molar-refractivity contribution is 6.27. The van der Waals surface area contributed by atoms with E-state index < -0.39 is 6.04 Å². The Hall–Kier alpha value is -1.01. The highest BCUT2D eigenvalue weighted by atomic mass is 35.5. The molecule has 0 saturated carbocycles. The Morgan fingerprint density at radius 2 is 2.64 bits per heavy atom. The molecule has 3 nitrogen and oxygen atoms in total. The van der Waals surface area contributed by atoms with Gasteiger partial charge in [0.15, 0.2) is 0 Å². The van der Waals surface area contributed by atoms with Crippen LogP contribution in [0.1, 0.15) is 0 Å². The fourth-order valence-electron chi connectivity index (χ4n) is 0.967. The van der Waals surface area contributed by atoms with Gasteiger partial charge in [0.1, 0.15) is 11.9 Å². The lowest BCUT2D eigenvalue weighted by Crippen LogP contribution is -2.35. The first-order valence-electron chi connectivity index (χ1n) is 3.21. The van der Waals surface area contributed by atoms with Crippen LogP contribution in [0.4, 0.5) is 0 Å². The molecule has 1 aliphatic rings. The van der Waals surface area contributed by atoms with Gasteiger partial charge in [-0.2, -0.15) is 5.26 Å². The van der Waals surface area contributed by atoms with Crippen LogP contribution in [0.3, 0.4) is 0 Å². The molecule has 0 fully saturated rings. The normalized spacial score (nSPS) is 21.8. The second-order valence-corrected chi connectivity index (χ2v) is 2.45. The van der Waals surface area contributed by atoms with Crippen LogP contribution in [0.25, 0.3) is 0 Å². The molecule has 1 heterocycles. The Bertz CT molecular complexity index is 231. The third kappa shape index (κ3) is 1.52. The van der Waals surface area contributed by atoms with E-state index in [2.05, 4.69) is 0 Å². The molecule has 1 aliphatic heterocycles. The standard InChI is InChI=1S/C7H7ClN2O/c8-4-7(11)10-3-1-2-6(10)5-9/h1-2,6H,3-4H2/t6-/m0/s1. The predicted molar refractivity (Wildman–Crippen MR) is 41.0 cm³/mol. The first-order chi connectivity index (χ1) is 5.29. The lowest BCUT2D eigenvalue weighted by molar-refractivity contribution is -0.128. The van der Waals surface area contributed by atoms with Crippen molar-refractivity contribution >= 4 is 17.5 Å². The molecule has 0 saturated heterocycles. The van der Waals surface area contributed by atoms with Crippen molar-refractivity contribution in [3.05, 3.63) is 12.2 Å². The van der Waals surface area contributed by atoms with E-state index in [1.165, 1.54) is 4.90 Å². The summed E-state index contributed by atoms with van der Waals surface area (Å²) < 4.78 is 0. The molecular weight excluding hydrogens is 164 g/mol. The Labute approximate surface area is 69.9 Å². The molecule has 0 spiro atoms. The quantitative estimate of drug-likeness (QED) is 0.425. The molecule has 4 heteroatoms. The number of nitriles is 1. The van der Waals surface area contributed by atoms with Crippen LogP contribution >= 0.6 is 11.6 Å². The number of hydrogen-bond acceptors (Lipinski definition) is 2. The number of alkyl halides is 1. The molecule has 11 heavy (non-hydrogen) atoms. The minimum absolute atomic E-state index is 0.0557. The van der Waals surface area contributed by atoms with Crippen LogP contribution in [-0.2, 0) is 4.79 Å². The summed E-state index contributed by atoms with van der Waals surface area (Å²) in [5.41, 5.74) is 0. The van der Waals surface area contributed by atoms with Gasteiger partial charge in [-0.15, -0.1) is 11.6 Å². The monoisotopic (exact) mass is 170 g/mol. The van der Waals surface area contributed by atoms with Gasteiger partial charge in [0.2, 0.25) is 5.91 Å². The van der Waals surface area contributed by atoms with Crippen molar-refractivity contribution in [2.45, 2.75) is 6.04 Å². The van der Waals surface area contributed by atoms with Crippen molar-refractivity contribution in [2.75, 3.05) is 12.4 Å². The van der Waals surface area contributed by atoms with E-state index in [4.69, 9.17) is 16.9 Å². The van der Waals surface area contributed by atoms with Crippen molar-refractivity contribution in [3.8, 4) is 6.07 Å². The van der Waals surface area contributed by atoms with Crippen molar-refractivity contribution < 1.29 is 4.79 Å². The van der Waals surface area contributed by atoms with Gasteiger partial charge in [-0.25, -0.2) is 0 Å². The lowest BCUT2D eigenvalue weighted by Gasteiger charge is -2.17. The van der Waals surface area contributed by atoms with Gasteiger partial charge in [-0.1, -0.05) is 6.08 Å². The molecule has 1 rings (SSSR count). The third-order valence-electron chi connectivity index (χ3n) is 1.52. The van der Waals surface area contributed by atoms with Gasteiger partial charge in [-0.05, 0) is 6.08 Å². The number of carbonyl (C=O) groups excluding carboxylic acids is 1. The summed E-state index contributed by atoms with van der Waals surface area (Å²) in [6, 6.07) is 1.57. The summed E-state index contributed by atoms with van der Waals surface area (Å²) in [5.74, 6) is -0.247. The fraction of sp³-hybridized carbons (Fsp3) is 0.429. The molecule has 0 radical (unpaired) electrons. The molecule has 0 aromatic rings. The van der Waals surface area contributed by atoms with E-state index in [1.807, 2.05) is 6.07 Å². The van der Waals surface area contributed by atoms with Crippen molar-refractivity contribution in [3.63, 3.8) is 0 Å². The number of amides is 1. The zero-order valence-electron chi connectivity index (χ0n) is 5.83. The maximum Gasteiger partial charge on any atom is 0.239 e. The Balaban J connectivity index is 2.62. The minimum atomic E-state index is -0.416. The highest BCUT2D eigenvalue weighted by Crippen LogP contribution is 2.08. The smallest absolute Gasteiger partial charge is 0.239 e. The van der Waals surface area contributed by atoms with Crippen LogP contribution in [0.5, 0.6) is 0 Å². The van der Waals surface area contributed by atoms with Crippen LogP contribution < -0.4 is 0 Å². The average Bonchev–Trinajstić information content (AvgIpc) is 2.50. The lowest BCUT2D eigenvalue weighted by atomic mass is 10.3. The predicted octanol–water partition coefficient (Wildman–Crippen LogP) is 0.516. The molecular formula is C7H7ClN2O. The Kier molecular flexibility index (Phi) is 2.50. The zero-order valence-corrected chi connectivity index (χ0v) is 6.58. The molecule has 0 aromatic carbocycles. The topological polar surface area (TPSA) is 44.1 Å². The maximum absolute atomic E-state index is 11.0. The summed E-state index contributed by atoms with van der Waals surface area (Å²) in [6.45, 7) is 0.504. The summed E-state index contributed by atoms with van der Waals surface area (Å²) in [6.07, 6.45) is 3.49. The molecule has 0 N–H and O–H groups in total. The fourth-order valence-corrected chi connectivity index (χ4v) is 1.12. The SMILES string of the molecule is N#C[C@@H]1C=CCN1C(=O)CCl. The van der Waals surface area contributed by atoms with Gasteiger partial charge < -0.3 is 4.90 Å². The van der Waals surface area contributed by atoms with Gasteiger partial charge >= 0.3 is 0 Å². The summed E-state index contributed by atoms with van der Waals surface area (Å²) in [5, 5.41) is 8.54. The minimum Gasteiger partial charge on any atom is -0.318 e. The number of nitrogens with zero attached hydrogens (tertiary/aromatic N) is 2. The molecule has 0 aromatic heterocycles. The van der Waals surface area contributed by atoms with E-state index in [1.54, 1.807) is 12.2 Å². The van der Waals surface area contributed by atoms with Crippen LogP contribution in [0.15, 0.2) is 12.2 Å². The highest BCUT2D eigenvalue weighted by Gasteiger charge is 2.22. The van der Waals surface area contributed by atoms with Crippen molar-refractivity contribution in [1.29, 1.82) is 5.26 Å². The van der Waals surface area contributed by atoms with Gasteiger partial charge in [0.25, 0.3) is 0 Å². The number of hydrogen-bond donors (Lipinski definition) is 0.